The van der Waals surface area contributed by atoms with Crippen molar-refractivity contribution in [3.8, 4) is 0 Å². The second-order valence-corrected chi connectivity index (χ2v) is 3.07. The van der Waals surface area contributed by atoms with E-state index in [-0.39, 0.29) is 0 Å². The molecule has 68 valence electrons. The first-order chi connectivity index (χ1) is 6.24. The summed E-state index contributed by atoms with van der Waals surface area (Å²) in [4.78, 5) is 4.39. The fourth-order valence-electron chi connectivity index (χ4n) is 1.56. The van der Waals surface area contributed by atoms with Crippen LogP contribution in [0.4, 0.5) is 0 Å². The van der Waals surface area contributed by atoms with Crippen molar-refractivity contribution in [2.75, 3.05) is 0 Å². The van der Waals surface area contributed by atoms with Crippen LogP contribution in [0.15, 0.2) is 12.3 Å². The third kappa shape index (κ3) is 1.10. The van der Waals surface area contributed by atoms with Gasteiger partial charge in [-0.05, 0) is 13.8 Å². The highest BCUT2D eigenvalue weighted by atomic mass is 15.2. The minimum Gasteiger partial charge on any atom is -0.326 e. The molecule has 4 nitrogen and oxygen atoms in total. The Morgan fingerprint density at radius 3 is 2.92 bits per heavy atom. The number of fused-ring (bicyclic) bond motifs is 1. The van der Waals surface area contributed by atoms with E-state index >= 15 is 0 Å². The average molecular weight is 176 g/mol. The highest BCUT2D eigenvalue weighted by Gasteiger charge is 2.07. The van der Waals surface area contributed by atoms with Crippen LogP contribution < -0.4 is 5.73 Å². The van der Waals surface area contributed by atoms with E-state index in [1.54, 1.807) is 6.20 Å². The lowest BCUT2D eigenvalue weighted by Crippen LogP contribution is -2.09. The van der Waals surface area contributed by atoms with E-state index in [4.69, 9.17) is 5.73 Å². The van der Waals surface area contributed by atoms with Gasteiger partial charge in [0.2, 0.25) is 0 Å². The topological polar surface area (TPSA) is 56.2 Å². The highest BCUT2D eigenvalue weighted by molar-refractivity contribution is 5.41. The van der Waals surface area contributed by atoms with Gasteiger partial charge in [0.1, 0.15) is 0 Å². The molecule has 0 bridgehead atoms. The molecule has 0 aromatic carbocycles. The summed E-state index contributed by atoms with van der Waals surface area (Å²) in [5.41, 5.74) is 9.66. The number of nitrogens with zero attached hydrogens (tertiary/aromatic N) is 3. The molecule has 0 radical (unpaired) electrons. The van der Waals surface area contributed by atoms with Gasteiger partial charge in [0.15, 0.2) is 5.65 Å². The first kappa shape index (κ1) is 8.19. The molecule has 2 aromatic heterocycles. The Bertz CT molecular complexity index is 444. The van der Waals surface area contributed by atoms with Crippen LogP contribution in [0.5, 0.6) is 0 Å². The lowest BCUT2D eigenvalue weighted by molar-refractivity contribution is 0.843. The summed E-state index contributed by atoms with van der Waals surface area (Å²) < 4.78 is 1.81. The van der Waals surface area contributed by atoms with E-state index in [1.807, 2.05) is 24.4 Å². The van der Waals surface area contributed by atoms with E-state index in [9.17, 15) is 0 Å². The second-order valence-electron chi connectivity index (χ2n) is 3.07. The first-order valence-electron chi connectivity index (χ1n) is 4.24. The Balaban J connectivity index is 2.85. The van der Waals surface area contributed by atoms with Crippen molar-refractivity contribution in [2.24, 2.45) is 5.73 Å². The SMILES string of the molecule is Cc1nc2ccnn2c(C)c1CN. The molecule has 0 aliphatic rings. The first-order valence-corrected chi connectivity index (χ1v) is 4.24. The summed E-state index contributed by atoms with van der Waals surface area (Å²) in [6.07, 6.45) is 1.75. The van der Waals surface area contributed by atoms with E-state index in [2.05, 4.69) is 10.1 Å². The molecule has 0 amide bonds. The molecular formula is C9H12N4. The third-order valence-corrected chi connectivity index (χ3v) is 2.30. The summed E-state index contributed by atoms with van der Waals surface area (Å²) in [6, 6.07) is 1.89. The Morgan fingerprint density at radius 2 is 2.23 bits per heavy atom. The van der Waals surface area contributed by atoms with Gasteiger partial charge in [0, 0.05) is 29.6 Å². The van der Waals surface area contributed by atoms with Crippen LogP contribution in [0.1, 0.15) is 17.0 Å². The summed E-state index contributed by atoms with van der Waals surface area (Å²) in [7, 11) is 0. The lowest BCUT2D eigenvalue weighted by atomic mass is 10.2. The number of hydrogen-bond acceptors (Lipinski definition) is 3. The van der Waals surface area contributed by atoms with Gasteiger partial charge in [-0.25, -0.2) is 9.50 Å². The molecule has 2 aromatic rings. The van der Waals surface area contributed by atoms with Gasteiger partial charge in [0.05, 0.1) is 6.20 Å². The molecule has 0 spiro atoms. The molecule has 2 heterocycles. The zero-order valence-corrected chi connectivity index (χ0v) is 7.78. The van der Waals surface area contributed by atoms with Gasteiger partial charge in [-0.2, -0.15) is 5.10 Å². The van der Waals surface area contributed by atoms with Gasteiger partial charge in [-0.1, -0.05) is 0 Å². The molecule has 4 heteroatoms. The predicted molar refractivity (Wildman–Crippen MR) is 50.4 cm³/mol. The number of aromatic nitrogens is 3. The van der Waals surface area contributed by atoms with Crippen LogP contribution in [-0.2, 0) is 6.54 Å². The standard InChI is InChI=1S/C9H12N4/c1-6-8(5-10)7(2)13-9(12-6)3-4-11-13/h3-4H,5,10H2,1-2H3. The molecule has 13 heavy (non-hydrogen) atoms. The van der Waals surface area contributed by atoms with E-state index in [0.717, 1.165) is 22.6 Å². The maximum Gasteiger partial charge on any atom is 0.155 e. The molecule has 0 unspecified atom stereocenters. The van der Waals surface area contributed by atoms with Crippen LogP contribution in [0, 0.1) is 13.8 Å². The fourth-order valence-corrected chi connectivity index (χ4v) is 1.56. The quantitative estimate of drug-likeness (QED) is 0.699. The maximum atomic E-state index is 5.63. The fraction of sp³-hybridized carbons (Fsp3) is 0.333. The summed E-state index contributed by atoms with van der Waals surface area (Å²) in [6.45, 7) is 4.50. The van der Waals surface area contributed by atoms with Crippen molar-refractivity contribution in [1.82, 2.24) is 14.6 Å². The largest absolute Gasteiger partial charge is 0.326 e. The molecule has 2 N–H and O–H groups in total. The van der Waals surface area contributed by atoms with Gasteiger partial charge < -0.3 is 5.73 Å². The zero-order chi connectivity index (χ0) is 9.42. The van der Waals surface area contributed by atoms with Crippen LogP contribution >= 0.6 is 0 Å². The van der Waals surface area contributed by atoms with Crippen LogP contribution in [-0.4, -0.2) is 14.6 Å². The van der Waals surface area contributed by atoms with Crippen LogP contribution in [0.25, 0.3) is 5.65 Å². The normalized spacial score (nSPS) is 11.0. The molecule has 0 aliphatic carbocycles. The van der Waals surface area contributed by atoms with E-state index < -0.39 is 0 Å². The Kier molecular flexibility index (Phi) is 1.77. The summed E-state index contributed by atoms with van der Waals surface area (Å²) in [5.74, 6) is 0. The second kappa shape index (κ2) is 2.81. The van der Waals surface area contributed by atoms with Gasteiger partial charge in [-0.15, -0.1) is 0 Å². The molecule has 2 rings (SSSR count). The minimum atomic E-state index is 0.514. The number of nitrogens with two attached hydrogens (primary N) is 1. The van der Waals surface area contributed by atoms with Crippen molar-refractivity contribution >= 4 is 5.65 Å². The molecule has 0 atom stereocenters. The molecule has 0 fully saturated rings. The highest BCUT2D eigenvalue weighted by Crippen LogP contribution is 2.12. The van der Waals surface area contributed by atoms with Gasteiger partial charge >= 0.3 is 0 Å². The molecule has 0 saturated heterocycles. The van der Waals surface area contributed by atoms with Gasteiger partial charge in [-0.3, -0.25) is 0 Å². The number of rotatable bonds is 1. The Labute approximate surface area is 76.4 Å². The number of aryl methyl sites for hydroxylation is 2. The lowest BCUT2D eigenvalue weighted by Gasteiger charge is -2.07. The predicted octanol–water partition coefficient (Wildman–Crippen LogP) is 0.805. The van der Waals surface area contributed by atoms with Crippen molar-refractivity contribution in [3.63, 3.8) is 0 Å². The Morgan fingerprint density at radius 1 is 1.46 bits per heavy atom. The zero-order valence-electron chi connectivity index (χ0n) is 7.78. The smallest absolute Gasteiger partial charge is 0.155 e. The van der Waals surface area contributed by atoms with E-state index in [0.29, 0.717) is 6.54 Å². The van der Waals surface area contributed by atoms with Crippen LogP contribution in [0.2, 0.25) is 0 Å². The summed E-state index contributed by atoms with van der Waals surface area (Å²) >= 11 is 0. The molecule has 0 aliphatic heterocycles. The average Bonchev–Trinajstić information content (AvgIpc) is 2.53. The van der Waals surface area contributed by atoms with Crippen molar-refractivity contribution in [1.29, 1.82) is 0 Å². The maximum absolute atomic E-state index is 5.63. The minimum absolute atomic E-state index is 0.514. The van der Waals surface area contributed by atoms with Gasteiger partial charge in [0.25, 0.3) is 0 Å². The Hall–Kier alpha value is -1.42. The third-order valence-electron chi connectivity index (χ3n) is 2.30. The van der Waals surface area contributed by atoms with Crippen molar-refractivity contribution in [2.45, 2.75) is 20.4 Å². The summed E-state index contributed by atoms with van der Waals surface area (Å²) in [5, 5.41) is 4.17. The molecular weight excluding hydrogens is 164 g/mol. The number of hydrogen-bond donors (Lipinski definition) is 1. The van der Waals surface area contributed by atoms with E-state index in [1.165, 1.54) is 0 Å². The molecule has 0 saturated carbocycles. The van der Waals surface area contributed by atoms with Crippen molar-refractivity contribution in [3.05, 3.63) is 29.2 Å². The van der Waals surface area contributed by atoms with Crippen LogP contribution in [0.3, 0.4) is 0 Å². The monoisotopic (exact) mass is 176 g/mol. The van der Waals surface area contributed by atoms with Crippen molar-refractivity contribution < 1.29 is 0 Å².